The number of hydrogen-bond donors (Lipinski definition) is 1. The van der Waals surface area contributed by atoms with Gasteiger partial charge in [0.05, 0.1) is 23.2 Å². The SMILES string of the molecule is COC1CCCC1n1c(C(C)(C)C)nc2cc(N)ccc21. The molecule has 3 rings (SSSR count). The Morgan fingerprint density at radius 2 is 2.05 bits per heavy atom. The lowest BCUT2D eigenvalue weighted by Crippen LogP contribution is -2.27. The van der Waals surface area contributed by atoms with Crippen LogP contribution in [0, 0.1) is 0 Å². The van der Waals surface area contributed by atoms with Crippen molar-refractivity contribution < 1.29 is 4.74 Å². The largest absolute Gasteiger partial charge is 0.399 e. The maximum atomic E-state index is 5.93. The van der Waals surface area contributed by atoms with Gasteiger partial charge in [0, 0.05) is 18.2 Å². The summed E-state index contributed by atoms with van der Waals surface area (Å²) in [6.45, 7) is 6.64. The summed E-state index contributed by atoms with van der Waals surface area (Å²) in [5.74, 6) is 1.12. The second-order valence-corrected chi connectivity index (χ2v) is 7.08. The van der Waals surface area contributed by atoms with Crippen molar-refractivity contribution in [2.75, 3.05) is 12.8 Å². The van der Waals surface area contributed by atoms with E-state index in [-0.39, 0.29) is 11.5 Å². The molecule has 2 N–H and O–H groups in total. The fourth-order valence-electron chi connectivity index (χ4n) is 3.46. The molecule has 1 fully saturated rings. The van der Waals surface area contributed by atoms with E-state index in [0.29, 0.717) is 6.04 Å². The van der Waals surface area contributed by atoms with Gasteiger partial charge < -0.3 is 15.0 Å². The lowest BCUT2D eigenvalue weighted by Gasteiger charge is -2.27. The molecule has 114 valence electrons. The Kier molecular flexibility index (Phi) is 3.44. The fourth-order valence-corrected chi connectivity index (χ4v) is 3.46. The first-order valence-corrected chi connectivity index (χ1v) is 7.72. The predicted molar refractivity (Wildman–Crippen MR) is 86.5 cm³/mol. The molecule has 4 heteroatoms. The zero-order valence-electron chi connectivity index (χ0n) is 13.4. The smallest absolute Gasteiger partial charge is 0.115 e. The molecule has 1 aliphatic rings. The van der Waals surface area contributed by atoms with Gasteiger partial charge in [-0.3, -0.25) is 0 Å². The van der Waals surface area contributed by atoms with E-state index >= 15 is 0 Å². The van der Waals surface area contributed by atoms with Crippen LogP contribution in [0.25, 0.3) is 11.0 Å². The van der Waals surface area contributed by atoms with Crippen molar-refractivity contribution in [1.82, 2.24) is 9.55 Å². The molecule has 1 aliphatic carbocycles. The maximum Gasteiger partial charge on any atom is 0.115 e. The number of nitrogens with two attached hydrogens (primary N) is 1. The number of aromatic nitrogens is 2. The highest BCUT2D eigenvalue weighted by molar-refractivity contribution is 5.80. The van der Waals surface area contributed by atoms with Crippen LogP contribution in [-0.4, -0.2) is 22.8 Å². The van der Waals surface area contributed by atoms with E-state index in [0.717, 1.165) is 29.9 Å². The van der Waals surface area contributed by atoms with E-state index in [2.05, 4.69) is 31.4 Å². The van der Waals surface area contributed by atoms with E-state index in [9.17, 15) is 0 Å². The molecule has 1 heterocycles. The van der Waals surface area contributed by atoms with Crippen molar-refractivity contribution in [2.45, 2.75) is 57.6 Å². The third-order valence-corrected chi connectivity index (χ3v) is 4.44. The molecule has 0 aliphatic heterocycles. The number of nitrogen functional groups attached to an aromatic ring is 1. The van der Waals surface area contributed by atoms with Gasteiger partial charge in [-0.1, -0.05) is 20.8 Å². The zero-order valence-corrected chi connectivity index (χ0v) is 13.4. The van der Waals surface area contributed by atoms with Gasteiger partial charge in [0.2, 0.25) is 0 Å². The highest BCUT2D eigenvalue weighted by atomic mass is 16.5. The Labute approximate surface area is 126 Å². The van der Waals surface area contributed by atoms with Crippen molar-refractivity contribution in [2.24, 2.45) is 0 Å². The van der Waals surface area contributed by atoms with Gasteiger partial charge in [-0.25, -0.2) is 4.98 Å². The van der Waals surface area contributed by atoms with Crippen molar-refractivity contribution in [1.29, 1.82) is 0 Å². The van der Waals surface area contributed by atoms with Crippen LogP contribution in [0.3, 0.4) is 0 Å². The molecule has 4 nitrogen and oxygen atoms in total. The Bertz CT molecular complexity index is 654. The van der Waals surface area contributed by atoms with Crippen LogP contribution < -0.4 is 5.73 Å². The summed E-state index contributed by atoms with van der Waals surface area (Å²) < 4.78 is 8.11. The third-order valence-electron chi connectivity index (χ3n) is 4.44. The summed E-state index contributed by atoms with van der Waals surface area (Å²) in [4.78, 5) is 4.89. The van der Waals surface area contributed by atoms with Gasteiger partial charge in [0.15, 0.2) is 0 Å². The highest BCUT2D eigenvalue weighted by Crippen LogP contribution is 2.38. The van der Waals surface area contributed by atoms with E-state index in [1.54, 1.807) is 0 Å². The number of imidazole rings is 1. The zero-order chi connectivity index (χ0) is 15.2. The van der Waals surface area contributed by atoms with Crippen molar-refractivity contribution in [3.63, 3.8) is 0 Å². The Morgan fingerprint density at radius 1 is 1.29 bits per heavy atom. The molecule has 21 heavy (non-hydrogen) atoms. The Morgan fingerprint density at radius 3 is 2.71 bits per heavy atom. The molecule has 2 aromatic rings. The molecule has 0 bridgehead atoms. The molecule has 1 aromatic heterocycles. The molecule has 1 aromatic carbocycles. The minimum Gasteiger partial charge on any atom is -0.399 e. The average molecular weight is 287 g/mol. The molecule has 2 atom stereocenters. The van der Waals surface area contributed by atoms with Gasteiger partial charge >= 0.3 is 0 Å². The maximum absolute atomic E-state index is 5.93. The van der Waals surface area contributed by atoms with Crippen LogP contribution in [-0.2, 0) is 10.2 Å². The summed E-state index contributed by atoms with van der Waals surface area (Å²) in [5.41, 5.74) is 8.84. The van der Waals surface area contributed by atoms with E-state index < -0.39 is 0 Å². The summed E-state index contributed by atoms with van der Waals surface area (Å²) >= 11 is 0. The minimum absolute atomic E-state index is 0.00529. The monoisotopic (exact) mass is 287 g/mol. The fraction of sp³-hybridized carbons (Fsp3) is 0.588. The van der Waals surface area contributed by atoms with Crippen molar-refractivity contribution >= 4 is 16.7 Å². The number of rotatable bonds is 2. The minimum atomic E-state index is -0.00529. The molecule has 0 saturated heterocycles. The molecular weight excluding hydrogens is 262 g/mol. The van der Waals surface area contributed by atoms with Gasteiger partial charge in [0.1, 0.15) is 5.82 Å². The van der Waals surface area contributed by atoms with Gasteiger partial charge in [-0.05, 0) is 37.5 Å². The van der Waals surface area contributed by atoms with Crippen LogP contribution in [0.15, 0.2) is 18.2 Å². The molecule has 0 amide bonds. The Hall–Kier alpha value is -1.55. The number of nitrogens with zero attached hydrogens (tertiary/aromatic N) is 2. The van der Waals surface area contributed by atoms with E-state index in [1.807, 2.05) is 19.2 Å². The topological polar surface area (TPSA) is 53.1 Å². The second-order valence-electron chi connectivity index (χ2n) is 7.08. The van der Waals surface area contributed by atoms with E-state index in [1.165, 1.54) is 11.9 Å². The third kappa shape index (κ3) is 2.42. The van der Waals surface area contributed by atoms with Gasteiger partial charge in [-0.15, -0.1) is 0 Å². The highest BCUT2D eigenvalue weighted by Gasteiger charge is 2.34. The van der Waals surface area contributed by atoms with Crippen molar-refractivity contribution in [3.8, 4) is 0 Å². The van der Waals surface area contributed by atoms with Gasteiger partial charge in [0.25, 0.3) is 0 Å². The van der Waals surface area contributed by atoms with Crippen LogP contribution in [0.1, 0.15) is 51.9 Å². The number of ether oxygens (including phenoxy) is 1. The number of fused-ring (bicyclic) bond motifs is 1. The summed E-state index contributed by atoms with van der Waals surface area (Å²) in [6, 6.07) is 6.40. The van der Waals surface area contributed by atoms with Crippen LogP contribution in [0.5, 0.6) is 0 Å². The van der Waals surface area contributed by atoms with Crippen LogP contribution in [0.4, 0.5) is 5.69 Å². The molecule has 0 radical (unpaired) electrons. The summed E-state index contributed by atoms with van der Waals surface area (Å²) in [5, 5.41) is 0. The molecule has 0 spiro atoms. The van der Waals surface area contributed by atoms with Gasteiger partial charge in [-0.2, -0.15) is 0 Å². The standard InChI is InChI=1S/C17H25N3O/c1-17(2,3)16-19-12-10-11(18)8-9-13(12)20(16)14-6-5-7-15(14)21-4/h8-10,14-15H,5-7,18H2,1-4H3. The number of benzene rings is 1. The molecule has 2 unspecified atom stereocenters. The first-order valence-electron chi connectivity index (χ1n) is 7.72. The van der Waals surface area contributed by atoms with Crippen molar-refractivity contribution in [3.05, 3.63) is 24.0 Å². The van der Waals surface area contributed by atoms with E-state index in [4.69, 9.17) is 15.5 Å². The average Bonchev–Trinajstić information content (AvgIpc) is 2.99. The predicted octanol–water partition coefficient (Wildman–Crippen LogP) is 3.66. The second kappa shape index (κ2) is 5.02. The number of anilines is 1. The summed E-state index contributed by atoms with van der Waals surface area (Å²) in [7, 11) is 1.82. The van der Waals surface area contributed by atoms with Crippen LogP contribution >= 0.6 is 0 Å². The quantitative estimate of drug-likeness (QED) is 0.858. The number of hydrogen-bond acceptors (Lipinski definition) is 3. The molecule has 1 saturated carbocycles. The Balaban J connectivity index is 2.23. The van der Waals surface area contributed by atoms with Crippen LogP contribution in [0.2, 0.25) is 0 Å². The number of methoxy groups -OCH3 is 1. The summed E-state index contributed by atoms with van der Waals surface area (Å²) in [6.07, 6.45) is 3.76. The lowest BCUT2D eigenvalue weighted by molar-refractivity contribution is 0.0744. The lowest BCUT2D eigenvalue weighted by atomic mass is 9.95. The first-order chi connectivity index (χ1) is 9.91. The molecular formula is C17H25N3O. The normalized spacial score (nSPS) is 23.0. The first kappa shape index (κ1) is 14.4.